The van der Waals surface area contributed by atoms with Gasteiger partial charge in [0.1, 0.15) is 0 Å². The van der Waals surface area contributed by atoms with Crippen molar-refractivity contribution in [2.75, 3.05) is 41.5 Å². The van der Waals surface area contributed by atoms with E-state index < -0.39 is 0 Å². The van der Waals surface area contributed by atoms with Gasteiger partial charge in [-0.15, -0.1) is 0 Å². The topological polar surface area (TPSA) is 67.7 Å². The Morgan fingerprint density at radius 2 is 1.95 bits per heavy atom. The van der Waals surface area contributed by atoms with Crippen LogP contribution in [0.5, 0.6) is 17.2 Å². The van der Waals surface area contributed by atoms with Gasteiger partial charge in [-0.1, -0.05) is 0 Å². The van der Waals surface area contributed by atoms with Crippen molar-refractivity contribution in [2.24, 2.45) is 10.1 Å². The van der Waals surface area contributed by atoms with Gasteiger partial charge >= 0.3 is 0 Å². The molecule has 1 aromatic rings. The highest BCUT2D eigenvalue weighted by Crippen LogP contribution is 2.38. The quantitative estimate of drug-likeness (QED) is 0.646. The standard InChI is InChI=1S/C14H20N4O3/c1-18(14-15-7-8-16-14)17-9-10-5-6-11(19-2)13(21-4)12(10)20-3/h5-6,9H,7-8H2,1-4H3,(H,15,16)/b17-9-. The van der Waals surface area contributed by atoms with Gasteiger partial charge in [0, 0.05) is 19.2 Å². The van der Waals surface area contributed by atoms with Gasteiger partial charge in [0.2, 0.25) is 11.7 Å². The summed E-state index contributed by atoms with van der Waals surface area (Å²) in [6, 6.07) is 3.68. The highest BCUT2D eigenvalue weighted by molar-refractivity contribution is 5.88. The van der Waals surface area contributed by atoms with E-state index in [0.717, 1.165) is 24.6 Å². The van der Waals surface area contributed by atoms with Crippen LogP contribution in [0.25, 0.3) is 0 Å². The summed E-state index contributed by atoms with van der Waals surface area (Å²) in [5, 5.41) is 9.19. The minimum Gasteiger partial charge on any atom is -0.493 e. The first-order chi connectivity index (χ1) is 10.2. The van der Waals surface area contributed by atoms with Crippen molar-refractivity contribution in [2.45, 2.75) is 0 Å². The summed E-state index contributed by atoms with van der Waals surface area (Å²) >= 11 is 0. The molecule has 1 aromatic carbocycles. The molecule has 1 aliphatic rings. The van der Waals surface area contributed by atoms with Crippen LogP contribution in [0.3, 0.4) is 0 Å². The molecule has 0 radical (unpaired) electrons. The summed E-state index contributed by atoms with van der Waals surface area (Å²) in [5.41, 5.74) is 0.792. The van der Waals surface area contributed by atoms with Gasteiger partial charge in [-0.05, 0) is 12.1 Å². The van der Waals surface area contributed by atoms with Gasteiger partial charge in [0.15, 0.2) is 11.5 Å². The predicted molar refractivity (Wildman–Crippen MR) is 81.8 cm³/mol. The van der Waals surface area contributed by atoms with Crippen LogP contribution < -0.4 is 19.5 Å². The molecule has 0 fully saturated rings. The molecule has 1 heterocycles. The third-order valence-electron chi connectivity index (χ3n) is 3.07. The number of ether oxygens (including phenoxy) is 3. The lowest BCUT2D eigenvalue weighted by molar-refractivity contribution is 0.324. The second-order valence-electron chi connectivity index (χ2n) is 4.32. The smallest absolute Gasteiger partial charge is 0.214 e. The van der Waals surface area contributed by atoms with E-state index in [2.05, 4.69) is 15.4 Å². The normalized spacial score (nSPS) is 13.8. The predicted octanol–water partition coefficient (Wildman–Crippen LogP) is 0.937. The van der Waals surface area contributed by atoms with Crippen molar-refractivity contribution in [3.05, 3.63) is 17.7 Å². The van der Waals surface area contributed by atoms with Crippen LogP contribution in [-0.4, -0.2) is 58.6 Å². The summed E-state index contributed by atoms with van der Waals surface area (Å²) < 4.78 is 16.0. The highest BCUT2D eigenvalue weighted by Gasteiger charge is 2.15. The van der Waals surface area contributed by atoms with Crippen LogP contribution in [-0.2, 0) is 0 Å². The van der Waals surface area contributed by atoms with E-state index in [9.17, 15) is 0 Å². The largest absolute Gasteiger partial charge is 0.493 e. The van der Waals surface area contributed by atoms with Crippen LogP contribution in [0.1, 0.15) is 5.56 Å². The maximum atomic E-state index is 5.41. The highest BCUT2D eigenvalue weighted by atomic mass is 16.5. The van der Waals surface area contributed by atoms with Crippen molar-refractivity contribution in [1.82, 2.24) is 10.3 Å². The summed E-state index contributed by atoms with van der Waals surface area (Å²) in [7, 11) is 6.58. The lowest BCUT2D eigenvalue weighted by atomic mass is 10.2. The van der Waals surface area contributed by atoms with Gasteiger partial charge in [-0.2, -0.15) is 5.10 Å². The molecule has 0 aromatic heterocycles. The fraction of sp³-hybridized carbons (Fsp3) is 0.429. The second kappa shape index (κ2) is 6.83. The molecule has 0 saturated heterocycles. The van der Waals surface area contributed by atoms with Crippen molar-refractivity contribution in [3.8, 4) is 17.2 Å². The van der Waals surface area contributed by atoms with E-state index in [1.807, 2.05) is 19.2 Å². The van der Waals surface area contributed by atoms with E-state index in [4.69, 9.17) is 14.2 Å². The van der Waals surface area contributed by atoms with Gasteiger partial charge in [0.05, 0.1) is 34.1 Å². The number of methoxy groups -OCH3 is 3. The molecule has 114 valence electrons. The zero-order valence-corrected chi connectivity index (χ0v) is 12.7. The molecule has 0 atom stereocenters. The summed E-state index contributed by atoms with van der Waals surface area (Å²) in [5.74, 6) is 2.49. The Bertz CT molecular complexity index is 557. The first-order valence-electron chi connectivity index (χ1n) is 6.56. The average Bonchev–Trinajstić information content (AvgIpc) is 3.05. The number of nitrogens with zero attached hydrogens (tertiary/aromatic N) is 3. The first kappa shape index (κ1) is 15.0. The molecule has 0 amide bonds. The molecule has 1 N–H and O–H groups in total. The average molecular weight is 292 g/mol. The number of rotatable bonds is 5. The number of hydrogen-bond donors (Lipinski definition) is 1. The van der Waals surface area contributed by atoms with Crippen LogP contribution in [0, 0.1) is 0 Å². The van der Waals surface area contributed by atoms with Gasteiger partial charge in [0.25, 0.3) is 0 Å². The molecule has 0 bridgehead atoms. The molecular weight excluding hydrogens is 272 g/mol. The Morgan fingerprint density at radius 1 is 1.19 bits per heavy atom. The molecule has 0 unspecified atom stereocenters. The number of benzene rings is 1. The van der Waals surface area contributed by atoms with E-state index >= 15 is 0 Å². The zero-order chi connectivity index (χ0) is 15.2. The first-order valence-corrected chi connectivity index (χ1v) is 6.56. The molecule has 21 heavy (non-hydrogen) atoms. The third-order valence-corrected chi connectivity index (χ3v) is 3.07. The Morgan fingerprint density at radius 3 is 2.52 bits per heavy atom. The molecule has 7 heteroatoms. The van der Waals surface area contributed by atoms with Gasteiger partial charge in [-0.3, -0.25) is 0 Å². The zero-order valence-electron chi connectivity index (χ0n) is 12.7. The maximum Gasteiger partial charge on any atom is 0.214 e. The van der Waals surface area contributed by atoms with Crippen LogP contribution in [0.4, 0.5) is 0 Å². The second-order valence-corrected chi connectivity index (χ2v) is 4.32. The monoisotopic (exact) mass is 292 g/mol. The van der Waals surface area contributed by atoms with E-state index in [1.54, 1.807) is 32.6 Å². The Hall–Kier alpha value is -2.44. The van der Waals surface area contributed by atoms with Crippen LogP contribution in [0.15, 0.2) is 22.2 Å². The van der Waals surface area contributed by atoms with Crippen LogP contribution >= 0.6 is 0 Å². The SMILES string of the molecule is COc1ccc(/C=N\N(C)C2=NCCN2)c(OC)c1OC. The van der Waals surface area contributed by atoms with E-state index in [1.165, 1.54) is 0 Å². The molecule has 1 aliphatic heterocycles. The molecule has 7 nitrogen and oxygen atoms in total. The summed E-state index contributed by atoms with van der Waals surface area (Å²) in [4.78, 5) is 4.29. The molecule has 2 rings (SSSR count). The summed E-state index contributed by atoms with van der Waals surface area (Å²) in [6.07, 6.45) is 1.70. The molecule has 0 spiro atoms. The number of nitrogens with one attached hydrogen (secondary N) is 1. The van der Waals surface area contributed by atoms with Crippen molar-refractivity contribution in [3.63, 3.8) is 0 Å². The Labute approximate surface area is 124 Å². The molecule has 0 saturated carbocycles. The van der Waals surface area contributed by atoms with E-state index in [0.29, 0.717) is 17.2 Å². The Kier molecular flexibility index (Phi) is 4.86. The van der Waals surface area contributed by atoms with E-state index in [-0.39, 0.29) is 0 Å². The maximum absolute atomic E-state index is 5.41. The lowest BCUT2D eigenvalue weighted by Crippen LogP contribution is -2.32. The van der Waals surface area contributed by atoms with Gasteiger partial charge < -0.3 is 19.5 Å². The lowest BCUT2D eigenvalue weighted by Gasteiger charge is -2.15. The number of guanidine groups is 1. The number of aliphatic imine (C=N–C) groups is 1. The third kappa shape index (κ3) is 3.18. The number of hydrogen-bond acceptors (Lipinski definition) is 7. The molecule has 0 aliphatic carbocycles. The Balaban J connectivity index is 2.27. The van der Waals surface area contributed by atoms with Crippen LogP contribution in [0.2, 0.25) is 0 Å². The van der Waals surface area contributed by atoms with Crippen molar-refractivity contribution < 1.29 is 14.2 Å². The fourth-order valence-electron chi connectivity index (χ4n) is 2.03. The van der Waals surface area contributed by atoms with Crippen molar-refractivity contribution >= 4 is 12.2 Å². The fourth-order valence-corrected chi connectivity index (χ4v) is 2.03. The summed E-state index contributed by atoms with van der Waals surface area (Å²) in [6.45, 7) is 1.61. The minimum atomic E-state index is 0.544. The minimum absolute atomic E-state index is 0.544. The van der Waals surface area contributed by atoms with Crippen molar-refractivity contribution in [1.29, 1.82) is 0 Å². The van der Waals surface area contributed by atoms with Gasteiger partial charge in [-0.25, -0.2) is 10.0 Å². The molecular formula is C14H20N4O3. The number of hydrazone groups is 1.